The number of carbonyl (C=O) groups is 2. The summed E-state index contributed by atoms with van der Waals surface area (Å²) in [7, 11) is 2.09. The van der Waals surface area contributed by atoms with Crippen LogP contribution in [0.2, 0.25) is 5.31 Å². The molecule has 0 aromatic carbocycles. The van der Waals surface area contributed by atoms with Crippen molar-refractivity contribution in [3.63, 3.8) is 0 Å². The monoisotopic (exact) mass is 279 g/mol. The van der Waals surface area contributed by atoms with E-state index in [9.17, 15) is 9.59 Å². The average molecular weight is 279 g/mol. The third-order valence-electron chi connectivity index (χ3n) is 5.04. The molecule has 4 heteroatoms. The van der Waals surface area contributed by atoms with Gasteiger partial charge < -0.3 is 0 Å². The molecule has 0 aliphatic carbocycles. The SMILES string of the molecule is BC(C)(C)C(C)(C)N1C(=O)CC(CCCCCC)C1=O. The Hall–Kier alpha value is -0.795. The van der Waals surface area contributed by atoms with Gasteiger partial charge in [0.25, 0.3) is 0 Å². The van der Waals surface area contributed by atoms with Crippen molar-refractivity contribution in [1.82, 2.24) is 4.90 Å². The largest absolute Gasteiger partial charge is 0.277 e. The molecular formula is C16H30BNO2. The Morgan fingerprint density at radius 2 is 1.75 bits per heavy atom. The fraction of sp³-hybridized carbons (Fsp3) is 0.875. The van der Waals surface area contributed by atoms with E-state index in [1.165, 1.54) is 17.7 Å². The average Bonchev–Trinajstić information content (AvgIpc) is 2.59. The van der Waals surface area contributed by atoms with Crippen molar-refractivity contribution in [1.29, 1.82) is 0 Å². The van der Waals surface area contributed by atoms with E-state index in [2.05, 4.69) is 28.6 Å². The first-order valence-electron chi connectivity index (χ1n) is 7.99. The molecule has 1 unspecified atom stereocenters. The molecule has 1 rings (SSSR count). The molecule has 0 radical (unpaired) electrons. The van der Waals surface area contributed by atoms with E-state index < -0.39 is 5.54 Å². The molecule has 1 saturated heterocycles. The first kappa shape index (κ1) is 17.3. The summed E-state index contributed by atoms with van der Waals surface area (Å²) in [5.41, 5.74) is -0.431. The van der Waals surface area contributed by atoms with Gasteiger partial charge in [0, 0.05) is 17.9 Å². The fourth-order valence-electron chi connectivity index (χ4n) is 2.66. The molecular weight excluding hydrogens is 249 g/mol. The zero-order valence-electron chi connectivity index (χ0n) is 14.1. The summed E-state index contributed by atoms with van der Waals surface area (Å²) in [6.45, 7) is 10.4. The molecule has 114 valence electrons. The van der Waals surface area contributed by atoms with Crippen LogP contribution in [-0.2, 0) is 9.59 Å². The van der Waals surface area contributed by atoms with Crippen molar-refractivity contribution in [2.75, 3.05) is 0 Å². The normalized spacial score (nSPS) is 20.9. The Bertz CT molecular complexity index is 371. The van der Waals surface area contributed by atoms with Crippen LogP contribution < -0.4 is 0 Å². The van der Waals surface area contributed by atoms with Crippen LogP contribution in [0.4, 0.5) is 0 Å². The van der Waals surface area contributed by atoms with Crippen LogP contribution in [-0.4, -0.2) is 30.1 Å². The van der Waals surface area contributed by atoms with Crippen molar-refractivity contribution in [2.45, 2.75) is 84.0 Å². The molecule has 2 amide bonds. The topological polar surface area (TPSA) is 37.4 Å². The maximum absolute atomic E-state index is 12.6. The molecule has 0 spiro atoms. The standard InChI is InChI=1S/C16H30BNO2/c1-6-7-8-9-10-12-11-13(19)18(14(12)20)16(4,5)15(2,3)17/h12H,6-11,17H2,1-5H3. The van der Waals surface area contributed by atoms with Crippen LogP contribution in [0.1, 0.15) is 73.1 Å². The lowest BCUT2D eigenvalue weighted by Gasteiger charge is -2.45. The van der Waals surface area contributed by atoms with E-state index in [1.54, 1.807) is 0 Å². The smallest absolute Gasteiger partial charge is 0.233 e. The van der Waals surface area contributed by atoms with E-state index in [1.807, 2.05) is 13.8 Å². The van der Waals surface area contributed by atoms with Crippen molar-refractivity contribution in [3.05, 3.63) is 0 Å². The third kappa shape index (κ3) is 3.45. The maximum atomic E-state index is 12.6. The van der Waals surface area contributed by atoms with Gasteiger partial charge in [0.1, 0.15) is 7.85 Å². The van der Waals surface area contributed by atoms with Crippen LogP contribution in [0.5, 0.6) is 0 Å². The number of unbranched alkanes of at least 4 members (excludes halogenated alkanes) is 3. The maximum Gasteiger partial charge on any atom is 0.233 e. The number of hydrogen-bond acceptors (Lipinski definition) is 2. The minimum absolute atomic E-state index is 0.00964. The first-order valence-corrected chi connectivity index (χ1v) is 7.99. The van der Waals surface area contributed by atoms with Gasteiger partial charge in [-0.15, -0.1) is 0 Å². The molecule has 0 N–H and O–H groups in total. The molecule has 3 nitrogen and oxygen atoms in total. The van der Waals surface area contributed by atoms with Gasteiger partial charge in [-0.2, -0.15) is 0 Å². The highest BCUT2D eigenvalue weighted by Gasteiger charge is 2.49. The van der Waals surface area contributed by atoms with Crippen molar-refractivity contribution >= 4 is 19.7 Å². The zero-order valence-corrected chi connectivity index (χ0v) is 14.1. The summed E-state index contributed by atoms with van der Waals surface area (Å²) in [5.74, 6) is -0.0252. The Labute approximate surface area is 124 Å². The number of rotatable bonds is 7. The Balaban J connectivity index is 2.72. The van der Waals surface area contributed by atoms with Crippen molar-refractivity contribution in [3.8, 4) is 0 Å². The molecule has 0 saturated carbocycles. The molecule has 1 atom stereocenters. The van der Waals surface area contributed by atoms with Gasteiger partial charge in [0.05, 0.1) is 0 Å². The lowest BCUT2D eigenvalue weighted by Crippen LogP contribution is -2.53. The number of imide groups is 1. The second-order valence-electron chi connectivity index (χ2n) is 7.63. The second-order valence-corrected chi connectivity index (χ2v) is 7.63. The van der Waals surface area contributed by atoms with Crippen LogP contribution >= 0.6 is 0 Å². The van der Waals surface area contributed by atoms with Gasteiger partial charge >= 0.3 is 0 Å². The first-order chi connectivity index (χ1) is 9.13. The summed E-state index contributed by atoms with van der Waals surface area (Å²) < 4.78 is 0. The number of likely N-dealkylation sites (tertiary alicyclic amines) is 1. The molecule has 1 aliphatic heterocycles. The minimum Gasteiger partial charge on any atom is -0.277 e. The summed E-state index contributed by atoms with van der Waals surface area (Å²) in [5, 5.41) is -0.116. The van der Waals surface area contributed by atoms with Gasteiger partial charge in [0.15, 0.2) is 0 Å². The summed E-state index contributed by atoms with van der Waals surface area (Å²) in [4.78, 5) is 26.4. The molecule has 1 aliphatic rings. The van der Waals surface area contributed by atoms with Gasteiger partial charge in [-0.3, -0.25) is 14.5 Å². The summed E-state index contributed by atoms with van der Waals surface area (Å²) in [6, 6.07) is 0. The van der Waals surface area contributed by atoms with Gasteiger partial charge in [-0.05, 0) is 25.6 Å². The van der Waals surface area contributed by atoms with E-state index >= 15 is 0 Å². The van der Waals surface area contributed by atoms with Crippen LogP contribution in [0.25, 0.3) is 0 Å². The van der Waals surface area contributed by atoms with Gasteiger partial charge in [0.2, 0.25) is 11.8 Å². The van der Waals surface area contributed by atoms with E-state index in [0.717, 1.165) is 19.3 Å². The highest BCUT2D eigenvalue weighted by atomic mass is 16.2. The Morgan fingerprint density at radius 1 is 1.15 bits per heavy atom. The highest BCUT2D eigenvalue weighted by molar-refractivity contribution is 6.16. The minimum atomic E-state index is -0.431. The van der Waals surface area contributed by atoms with Crippen molar-refractivity contribution in [2.24, 2.45) is 5.92 Å². The molecule has 20 heavy (non-hydrogen) atoms. The van der Waals surface area contributed by atoms with Gasteiger partial charge in [-0.25, -0.2) is 0 Å². The predicted molar refractivity (Wildman–Crippen MR) is 85.4 cm³/mol. The Kier molecular flexibility index (Phi) is 5.45. The zero-order chi connectivity index (χ0) is 15.6. The molecule has 0 aromatic heterocycles. The molecule has 1 fully saturated rings. The number of hydrogen-bond donors (Lipinski definition) is 0. The molecule has 1 heterocycles. The van der Waals surface area contributed by atoms with Crippen molar-refractivity contribution < 1.29 is 9.59 Å². The summed E-state index contributed by atoms with van der Waals surface area (Å²) >= 11 is 0. The highest BCUT2D eigenvalue weighted by Crippen LogP contribution is 2.43. The second kappa shape index (κ2) is 6.32. The lowest BCUT2D eigenvalue weighted by molar-refractivity contribution is -0.146. The third-order valence-corrected chi connectivity index (χ3v) is 5.04. The number of carbonyl (C=O) groups excluding carboxylic acids is 2. The summed E-state index contributed by atoms with van der Waals surface area (Å²) in [6.07, 6.45) is 5.90. The van der Waals surface area contributed by atoms with E-state index in [-0.39, 0.29) is 23.0 Å². The van der Waals surface area contributed by atoms with E-state index in [4.69, 9.17) is 0 Å². The van der Waals surface area contributed by atoms with Crippen LogP contribution in [0.3, 0.4) is 0 Å². The quantitative estimate of drug-likeness (QED) is 0.408. The number of nitrogens with zero attached hydrogens (tertiary/aromatic N) is 1. The fourth-order valence-corrected chi connectivity index (χ4v) is 2.66. The van der Waals surface area contributed by atoms with Crippen LogP contribution in [0, 0.1) is 5.92 Å². The van der Waals surface area contributed by atoms with Gasteiger partial charge in [-0.1, -0.05) is 46.5 Å². The molecule has 0 aromatic rings. The Morgan fingerprint density at radius 3 is 2.25 bits per heavy atom. The lowest BCUT2D eigenvalue weighted by atomic mass is 9.59. The molecule has 0 bridgehead atoms. The predicted octanol–water partition coefficient (Wildman–Crippen LogP) is 2.94. The van der Waals surface area contributed by atoms with Crippen LogP contribution in [0.15, 0.2) is 0 Å². The van der Waals surface area contributed by atoms with E-state index in [0.29, 0.717) is 6.42 Å². The number of amides is 2.